The molecule has 3 amide bonds. The number of carbonyl (C=O) groups excluding carboxylic acids is 3. The van der Waals surface area contributed by atoms with Crippen molar-refractivity contribution in [3.8, 4) is 0 Å². The molecule has 0 heterocycles. The van der Waals surface area contributed by atoms with Crippen LogP contribution in [0.25, 0.3) is 6.08 Å². The van der Waals surface area contributed by atoms with Gasteiger partial charge in [0.05, 0.1) is 5.75 Å². The Hall–Kier alpha value is -4.33. The number of nitrogens with one attached hydrogen (secondary N) is 3. The van der Waals surface area contributed by atoms with Crippen molar-refractivity contribution in [2.75, 3.05) is 16.4 Å². The smallest absolute Gasteiger partial charge is 0.272 e. The Morgan fingerprint density at radius 1 is 0.775 bits per heavy atom. The van der Waals surface area contributed by atoms with E-state index in [9.17, 15) is 14.4 Å². The Kier molecular flexibility index (Phi) is 9.78. The first-order valence-electron chi connectivity index (χ1n) is 12.5. The standard InChI is InChI=1S/C32H28ClN3O3S/c1-21-9-6-7-12-24(21)17-29(36-31(38)23-10-4-3-5-11-23)32(39)35-25-13-8-14-27(18-25)40-20-30(37)34-26-16-15-22(2)28(33)19-26/h3-19H,20H2,1-2H3,(H,34,37)(H,35,39)(H,36,38)/b29-17-. The Morgan fingerprint density at radius 3 is 2.25 bits per heavy atom. The van der Waals surface area contributed by atoms with Crippen LogP contribution < -0.4 is 16.0 Å². The third kappa shape index (κ3) is 8.09. The molecule has 0 saturated carbocycles. The molecule has 0 spiro atoms. The van der Waals surface area contributed by atoms with Crippen LogP contribution in [-0.4, -0.2) is 23.5 Å². The number of carbonyl (C=O) groups is 3. The Bertz CT molecular complexity index is 1570. The predicted octanol–water partition coefficient (Wildman–Crippen LogP) is 7.10. The van der Waals surface area contributed by atoms with Gasteiger partial charge in [-0.05, 0) is 79.1 Å². The third-order valence-corrected chi connectivity index (χ3v) is 7.34. The second-order valence-corrected chi connectivity index (χ2v) is 10.5. The number of halogens is 1. The van der Waals surface area contributed by atoms with E-state index in [1.165, 1.54) is 11.8 Å². The summed E-state index contributed by atoms with van der Waals surface area (Å²) in [4.78, 5) is 39.5. The predicted molar refractivity (Wildman–Crippen MR) is 164 cm³/mol. The third-order valence-electron chi connectivity index (χ3n) is 5.93. The van der Waals surface area contributed by atoms with Crippen molar-refractivity contribution < 1.29 is 14.4 Å². The minimum absolute atomic E-state index is 0.109. The van der Waals surface area contributed by atoms with E-state index in [0.29, 0.717) is 22.0 Å². The van der Waals surface area contributed by atoms with Crippen LogP contribution in [0.3, 0.4) is 0 Å². The topological polar surface area (TPSA) is 87.3 Å². The Morgan fingerprint density at radius 2 is 1.50 bits per heavy atom. The van der Waals surface area contributed by atoms with E-state index in [0.717, 1.165) is 21.6 Å². The quantitative estimate of drug-likeness (QED) is 0.148. The van der Waals surface area contributed by atoms with Crippen LogP contribution in [0.5, 0.6) is 0 Å². The van der Waals surface area contributed by atoms with Crippen molar-refractivity contribution in [1.82, 2.24) is 5.32 Å². The van der Waals surface area contributed by atoms with Crippen molar-refractivity contribution in [1.29, 1.82) is 0 Å². The van der Waals surface area contributed by atoms with Gasteiger partial charge in [0.25, 0.3) is 11.8 Å². The molecular weight excluding hydrogens is 542 g/mol. The van der Waals surface area contributed by atoms with Gasteiger partial charge in [-0.3, -0.25) is 14.4 Å². The molecule has 40 heavy (non-hydrogen) atoms. The molecule has 202 valence electrons. The molecule has 4 aromatic carbocycles. The van der Waals surface area contributed by atoms with E-state index in [1.807, 2.05) is 56.3 Å². The highest BCUT2D eigenvalue weighted by Crippen LogP contribution is 2.24. The van der Waals surface area contributed by atoms with Gasteiger partial charge >= 0.3 is 0 Å². The first kappa shape index (κ1) is 28.7. The van der Waals surface area contributed by atoms with Crippen LogP contribution in [0.15, 0.2) is 108 Å². The number of thioether (sulfide) groups is 1. The molecular formula is C32H28ClN3O3S. The van der Waals surface area contributed by atoms with Crippen LogP contribution in [0.2, 0.25) is 5.02 Å². The molecule has 0 aliphatic heterocycles. The maximum Gasteiger partial charge on any atom is 0.272 e. The van der Waals surface area contributed by atoms with E-state index in [4.69, 9.17) is 11.6 Å². The molecule has 3 N–H and O–H groups in total. The number of rotatable bonds is 9. The van der Waals surface area contributed by atoms with Gasteiger partial charge < -0.3 is 16.0 Å². The molecule has 0 aliphatic rings. The van der Waals surface area contributed by atoms with E-state index in [1.54, 1.807) is 60.7 Å². The number of hydrogen-bond acceptors (Lipinski definition) is 4. The summed E-state index contributed by atoms with van der Waals surface area (Å²) in [6.45, 7) is 3.83. The summed E-state index contributed by atoms with van der Waals surface area (Å²) >= 11 is 7.48. The molecule has 6 nitrogen and oxygen atoms in total. The summed E-state index contributed by atoms with van der Waals surface area (Å²) in [6, 6.07) is 28.9. The zero-order chi connectivity index (χ0) is 28.5. The van der Waals surface area contributed by atoms with E-state index < -0.39 is 5.91 Å². The first-order valence-corrected chi connectivity index (χ1v) is 13.9. The van der Waals surface area contributed by atoms with Gasteiger partial charge in [-0.2, -0.15) is 0 Å². The molecule has 0 fully saturated rings. The zero-order valence-electron chi connectivity index (χ0n) is 22.0. The van der Waals surface area contributed by atoms with Gasteiger partial charge in [-0.25, -0.2) is 0 Å². The number of hydrogen-bond donors (Lipinski definition) is 3. The lowest BCUT2D eigenvalue weighted by Crippen LogP contribution is -2.30. The van der Waals surface area contributed by atoms with Crippen LogP contribution in [0.1, 0.15) is 27.0 Å². The van der Waals surface area contributed by atoms with Gasteiger partial charge in [0.2, 0.25) is 5.91 Å². The molecule has 0 bridgehead atoms. The Balaban J connectivity index is 1.45. The van der Waals surface area contributed by atoms with E-state index >= 15 is 0 Å². The van der Waals surface area contributed by atoms with Crippen molar-refractivity contribution in [2.45, 2.75) is 18.7 Å². The van der Waals surface area contributed by atoms with Gasteiger partial charge in [0.15, 0.2) is 0 Å². The van der Waals surface area contributed by atoms with Crippen molar-refractivity contribution >= 4 is 58.5 Å². The van der Waals surface area contributed by atoms with Crippen LogP contribution in [-0.2, 0) is 9.59 Å². The summed E-state index contributed by atoms with van der Waals surface area (Å²) in [5, 5.41) is 9.05. The van der Waals surface area contributed by atoms with Crippen molar-refractivity contribution in [3.63, 3.8) is 0 Å². The number of aryl methyl sites for hydroxylation is 2. The first-order chi connectivity index (χ1) is 19.3. The van der Waals surface area contributed by atoms with Crippen LogP contribution in [0, 0.1) is 13.8 Å². The van der Waals surface area contributed by atoms with Gasteiger partial charge in [-0.15, -0.1) is 11.8 Å². The lowest BCUT2D eigenvalue weighted by atomic mass is 10.1. The molecule has 0 atom stereocenters. The largest absolute Gasteiger partial charge is 0.325 e. The molecule has 4 aromatic rings. The summed E-state index contributed by atoms with van der Waals surface area (Å²) in [7, 11) is 0. The highest BCUT2D eigenvalue weighted by atomic mass is 35.5. The zero-order valence-corrected chi connectivity index (χ0v) is 23.6. The maximum absolute atomic E-state index is 13.4. The second-order valence-electron chi connectivity index (χ2n) is 9.02. The summed E-state index contributed by atoms with van der Waals surface area (Å²) < 4.78 is 0. The Labute approximate surface area is 242 Å². The van der Waals surface area contributed by atoms with Gasteiger partial charge in [0, 0.05) is 26.9 Å². The normalized spacial score (nSPS) is 11.0. The van der Waals surface area contributed by atoms with Crippen LogP contribution >= 0.6 is 23.4 Å². The second kappa shape index (κ2) is 13.6. The maximum atomic E-state index is 13.4. The SMILES string of the molecule is Cc1ccc(NC(=O)CSc2cccc(NC(=O)/C(=C/c3ccccc3C)NC(=O)c3ccccc3)c2)cc1Cl. The van der Waals surface area contributed by atoms with E-state index in [-0.39, 0.29) is 23.3 Å². The number of anilines is 2. The lowest BCUT2D eigenvalue weighted by Gasteiger charge is -2.13. The summed E-state index contributed by atoms with van der Waals surface area (Å²) in [6.07, 6.45) is 1.66. The molecule has 4 rings (SSSR count). The van der Waals surface area contributed by atoms with E-state index in [2.05, 4.69) is 16.0 Å². The molecule has 0 saturated heterocycles. The fraction of sp³-hybridized carbons (Fsp3) is 0.0938. The number of amides is 3. The summed E-state index contributed by atoms with van der Waals surface area (Å²) in [5.41, 5.74) is 4.42. The lowest BCUT2D eigenvalue weighted by molar-refractivity contribution is -0.114. The van der Waals surface area contributed by atoms with Crippen LogP contribution in [0.4, 0.5) is 11.4 Å². The molecule has 0 unspecified atom stereocenters. The van der Waals surface area contributed by atoms with Gasteiger partial charge in [0.1, 0.15) is 5.70 Å². The number of benzene rings is 4. The average Bonchev–Trinajstić information content (AvgIpc) is 2.95. The van der Waals surface area contributed by atoms with Crippen molar-refractivity contribution in [2.24, 2.45) is 0 Å². The minimum Gasteiger partial charge on any atom is -0.325 e. The van der Waals surface area contributed by atoms with Gasteiger partial charge in [-0.1, -0.05) is 66.2 Å². The highest BCUT2D eigenvalue weighted by molar-refractivity contribution is 8.00. The monoisotopic (exact) mass is 569 g/mol. The molecule has 0 aliphatic carbocycles. The van der Waals surface area contributed by atoms with Crippen molar-refractivity contribution in [3.05, 3.63) is 130 Å². The molecule has 8 heteroatoms. The fourth-order valence-electron chi connectivity index (χ4n) is 3.73. The highest BCUT2D eigenvalue weighted by Gasteiger charge is 2.16. The average molecular weight is 570 g/mol. The summed E-state index contributed by atoms with van der Waals surface area (Å²) in [5.74, 6) is -0.857. The molecule has 0 aromatic heterocycles. The molecule has 0 radical (unpaired) electrons. The fourth-order valence-corrected chi connectivity index (χ4v) is 4.66. The minimum atomic E-state index is -0.469.